The van der Waals surface area contributed by atoms with Crippen LogP contribution in [-0.2, 0) is 0 Å². The Labute approximate surface area is 116 Å². The molecular formula is C17H22O2. The van der Waals surface area contributed by atoms with Gasteiger partial charge in [-0.15, -0.1) is 6.42 Å². The molecule has 1 atom stereocenters. The van der Waals surface area contributed by atoms with Crippen molar-refractivity contribution in [1.29, 1.82) is 0 Å². The van der Waals surface area contributed by atoms with E-state index < -0.39 is 6.10 Å². The van der Waals surface area contributed by atoms with E-state index in [4.69, 9.17) is 11.2 Å². The molecule has 1 aromatic rings. The maximum atomic E-state index is 9.72. The monoisotopic (exact) mass is 258 g/mol. The fraction of sp³-hybridized carbons (Fsp3) is 0.412. The molecule has 0 aliphatic heterocycles. The van der Waals surface area contributed by atoms with Gasteiger partial charge in [-0.05, 0) is 24.5 Å². The molecule has 0 aromatic heterocycles. The zero-order valence-electron chi connectivity index (χ0n) is 12.1. The summed E-state index contributed by atoms with van der Waals surface area (Å²) >= 11 is 0. The Kier molecular flexibility index (Phi) is 5.20. The third kappa shape index (κ3) is 4.46. The molecule has 0 radical (unpaired) electrons. The maximum Gasteiger partial charge on any atom is 0.143 e. The third-order valence-corrected chi connectivity index (χ3v) is 3.18. The summed E-state index contributed by atoms with van der Waals surface area (Å²) in [7, 11) is 0. The first kappa shape index (κ1) is 15.3. The lowest BCUT2D eigenvalue weighted by atomic mass is 9.87. The summed E-state index contributed by atoms with van der Waals surface area (Å²) in [5.74, 6) is 2.94. The number of rotatable bonds is 4. The average molecular weight is 258 g/mol. The number of aliphatic hydroxyl groups excluding tert-OH is 1. The zero-order valence-corrected chi connectivity index (χ0v) is 12.1. The first-order valence-corrected chi connectivity index (χ1v) is 6.39. The van der Waals surface area contributed by atoms with Gasteiger partial charge < -0.3 is 9.84 Å². The normalized spacial score (nSPS) is 13.8. The van der Waals surface area contributed by atoms with Crippen LogP contribution < -0.4 is 4.74 Å². The lowest BCUT2D eigenvalue weighted by Gasteiger charge is -2.19. The molecule has 2 nitrogen and oxygen atoms in total. The van der Waals surface area contributed by atoms with E-state index in [0.717, 1.165) is 0 Å². The predicted octanol–water partition coefficient (Wildman–Crippen LogP) is 3.72. The largest absolute Gasteiger partial charge is 0.489 e. The number of para-hydroxylation sites is 1. The van der Waals surface area contributed by atoms with Crippen molar-refractivity contribution in [3.8, 4) is 18.1 Å². The minimum Gasteiger partial charge on any atom is -0.489 e. The van der Waals surface area contributed by atoms with Gasteiger partial charge >= 0.3 is 0 Å². The summed E-state index contributed by atoms with van der Waals surface area (Å²) < 4.78 is 5.69. The predicted molar refractivity (Wildman–Crippen MR) is 78.9 cm³/mol. The summed E-state index contributed by atoms with van der Waals surface area (Å²) in [6.07, 6.45) is 6.37. The van der Waals surface area contributed by atoms with Crippen LogP contribution in [0.5, 0.6) is 5.75 Å². The number of terminal acetylenes is 1. The molecule has 0 heterocycles. The van der Waals surface area contributed by atoms with Crippen LogP contribution in [0.25, 0.3) is 0 Å². The molecule has 0 saturated heterocycles. The minimum atomic E-state index is -0.927. The van der Waals surface area contributed by atoms with Crippen molar-refractivity contribution in [2.45, 2.75) is 33.8 Å². The summed E-state index contributed by atoms with van der Waals surface area (Å²) in [6.45, 7) is 9.04. The van der Waals surface area contributed by atoms with Gasteiger partial charge in [0.05, 0.1) is 0 Å². The molecular weight excluding hydrogens is 236 g/mol. The van der Waals surface area contributed by atoms with E-state index in [0.29, 0.717) is 17.9 Å². The van der Waals surface area contributed by atoms with Crippen LogP contribution in [0, 0.1) is 17.8 Å². The molecule has 2 heteroatoms. The van der Waals surface area contributed by atoms with Crippen molar-refractivity contribution < 1.29 is 9.84 Å². The van der Waals surface area contributed by atoms with E-state index >= 15 is 0 Å². The molecule has 1 aromatic carbocycles. The first-order valence-electron chi connectivity index (χ1n) is 6.39. The van der Waals surface area contributed by atoms with E-state index in [2.05, 4.69) is 39.7 Å². The van der Waals surface area contributed by atoms with Crippen LogP contribution >= 0.6 is 0 Å². The molecule has 1 unspecified atom stereocenters. The van der Waals surface area contributed by atoms with Crippen molar-refractivity contribution in [2.24, 2.45) is 5.41 Å². The van der Waals surface area contributed by atoms with Gasteiger partial charge in [0.25, 0.3) is 0 Å². The number of hydrogen-bond acceptors (Lipinski definition) is 2. The molecule has 1 N–H and O–H groups in total. The van der Waals surface area contributed by atoms with Gasteiger partial charge in [0.1, 0.15) is 18.5 Å². The van der Waals surface area contributed by atoms with Gasteiger partial charge in [-0.3, -0.25) is 0 Å². The molecule has 0 spiro atoms. The molecule has 0 amide bonds. The number of aliphatic hydroxyl groups is 1. The highest BCUT2D eigenvalue weighted by atomic mass is 16.5. The third-order valence-electron chi connectivity index (χ3n) is 3.18. The highest BCUT2D eigenvalue weighted by Gasteiger charge is 2.13. The summed E-state index contributed by atoms with van der Waals surface area (Å²) in [5, 5.41) is 9.72. The van der Waals surface area contributed by atoms with Gasteiger partial charge in [0, 0.05) is 5.56 Å². The topological polar surface area (TPSA) is 29.5 Å². The summed E-state index contributed by atoms with van der Waals surface area (Å²) in [6, 6.07) is 7.29. The SMILES string of the molecule is C#CC(O)c1ccccc1OC/C=C(\C)C(C)(C)C. The molecule has 102 valence electrons. The van der Waals surface area contributed by atoms with Crippen molar-refractivity contribution in [3.05, 3.63) is 41.5 Å². The van der Waals surface area contributed by atoms with E-state index in [9.17, 15) is 5.11 Å². The minimum absolute atomic E-state index is 0.140. The first-order chi connectivity index (χ1) is 8.86. The van der Waals surface area contributed by atoms with E-state index in [1.165, 1.54) is 5.57 Å². The molecule has 0 fully saturated rings. The summed E-state index contributed by atoms with van der Waals surface area (Å²) in [4.78, 5) is 0. The maximum absolute atomic E-state index is 9.72. The Bertz CT molecular complexity index is 487. The second kappa shape index (κ2) is 6.45. The fourth-order valence-corrected chi connectivity index (χ4v) is 1.49. The Hall–Kier alpha value is -1.72. The average Bonchev–Trinajstić information content (AvgIpc) is 2.37. The Balaban J connectivity index is 2.77. The number of benzene rings is 1. The quantitative estimate of drug-likeness (QED) is 0.658. The van der Waals surface area contributed by atoms with Crippen molar-refractivity contribution in [1.82, 2.24) is 0 Å². The van der Waals surface area contributed by atoms with Crippen molar-refractivity contribution in [2.75, 3.05) is 6.61 Å². The van der Waals surface area contributed by atoms with Crippen LogP contribution in [0.1, 0.15) is 39.4 Å². The van der Waals surface area contributed by atoms with Gasteiger partial charge in [0.15, 0.2) is 0 Å². The lowest BCUT2D eigenvalue weighted by molar-refractivity contribution is 0.230. The van der Waals surface area contributed by atoms with Crippen LogP contribution in [0.3, 0.4) is 0 Å². The summed E-state index contributed by atoms with van der Waals surface area (Å²) in [5.41, 5.74) is 2.04. The van der Waals surface area contributed by atoms with E-state index in [1.54, 1.807) is 6.07 Å². The van der Waals surface area contributed by atoms with Crippen LogP contribution in [0.15, 0.2) is 35.9 Å². The molecule has 0 bridgehead atoms. The Morgan fingerprint density at radius 3 is 2.63 bits per heavy atom. The van der Waals surface area contributed by atoms with Crippen molar-refractivity contribution >= 4 is 0 Å². The van der Waals surface area contributed by atoms with Gasteiger partial charge in [-0.25, -0.2) is 0 Å². The zero-order chi connectivity index (χ0) is 14.5. The molecule has 0 aliphatic rings. The van der Waals surface area contributed by atoms with Gasteiger partial charge in [-0.1, -0.05) is 50.5 Å². The number of ether oxygens (including phenoxy) is 1. The second-order valence-corrected chi connectivity index (χ2v) is 5.56. The Morgan fingerprint density at radius 2 is 2.05 bits per heavy atom. The molecule has 0 aliphatic carbocycles. The van der Waals surface area contributed by atoms with Crippen molar-refractivity contribution in [3.63, 3.8) is 0 Å². The van der Waals surface area contributed by atoms with Crippen LogP contribution in [-0.4, -0.2) is 11.7 Å². The van der Waals surface area contributed by atoms with Crippen LogP contribution in [0.4, 0.5) is 0 Å². The Morgan fingerprint density at radius 1 is 1.42 bits per heavy atom. The molecule has 0 saturated carbocycles. The number of hydrogen-bond donors (Lipinski definition) is 1. The van der Waals surface area contributed by atoms with Gasteiger partial charge in [-0.2, -0.15) is 0 Å². The fourth-order valence-electron chi connectivity index (χ4n) is 1.49. The van der Waals surface area contributed by atoms with Gasteiger partial charge in [0.2, 0.25) is 0 Å². The number of allylic oxidation sites excluding steroid dienone is 1. The van der Waals surface area contributed by atoms with Crippen LogP contribution in [0.2, 0.25) is 0 Å². The lowest BCUT2D eigenvalue weighted by Crippen LogP contribution is -2.08. The standard InChI is InChI=1S/C17H22O2/c1-6-15(18)14-9-7-8-10-16(14)19-12-11-13(2)17(3,4)5/h1,7-11,15,18H,12H2,2-5H3/b13-11+. The highest BCUT2D eigenvalue weighted by Crippen LogP contribution is 2.26. The molecule has 1 rings (SSSR count). The second-order valence-electron chi connectivity index (χ2n) is 5.56. The van der Waals surface area contributed by atoms with E-state index in [1.807, 2.05) is 18.2 Å². The smallest absolute Gasteiger partial charge is 0.143 e. The van der Waals surface area contributed by atoms with E-state index in [-0.39, 0.29) is 5.41 Å². The highest BCUT2D eigenvalue weighted by molar-refractivity contribution is 5.38. The molecule has 19 heavy (non-hydrogen) atoms.